The van der Waals surface area contributed by atoms with Crippen molar-refractivity contribution in [3.8, 4) is 5.75 Å². The Bertz CT molecular complexity index is 537. The van der Waals surface area contributed by atoms with E-state index in [-0.39, 0.29) is 24.1 Å². The minimum Gasteiger partial charge on any atom is -0.535 e. The van der Waals surface area contributed by atoms with Crippen molar-refractivity contribution in [2.45, 2.75) is 19.3 Å². The second kappa shape index (κ2) is 6.32. The summed E-state index contributed by atoms with van der Waals surface area (Å²) in [7, 11) is -1.03. The Morgan fingerprint density at radius 3 is 2.95 bits per heavy atom. The van der Waals surface area contributed by atoms with Gasteiger partial charge >= 0.3 is 7.12 Å². The lowest BCUT2D eigenvalue weighted by molar-refractivity contribution is -0.119. The van der Waals surface area contributed by atoms with Crippen molar-refractivity contribution in [2.75, 3.05) is 12.0 Å². The molecule has 1 aromatic carbocycles. The molecule has 0 aromatic heterocycles. The maximum atomic E-state index is 11.7. The van der Waals surface area contributed by atoms with Crippen LogP contribution >= 0.6 is 11.8 Å². The smallest absolute Gasteiger partial charge is 0.525 e. The number of para-hydroxylation sites is 1. The molecule has 0 unspecified atom stereocenters. The van der Waals surface area contributed by atoms with Crippen LogP contribution in [0.4, 0.5) is 0 Å². The van der Waals surface area contributed by atoms with Gasteiger partial charge in [0.2, 0.25) is 5.91 Å². The van der Waals surface area contributed by atoms with Crippen LogP contribution in [0.1, 0.15) is 28.9 Å². The Balaban J connectivity index is 2.33. The number of hydrogen-bond donors (Lipinski definition) is 2. The molecule has 1 heterocycles. The third kappa shape index (κ3) is 3.16. The number of hydrogen-bond acceptors (Lipinski definition) is 5. The highest BCUT2D eigenvalue weighted by Gasteiger charge is 2.34. The van der Waals surface area contributed by atoms with Crippen molar-refractivity contribution >= 4 is 30.6 Å². The lowest BCUT2D eigenvalue weighted by Gasteiger charge is -2.29. The minimum absolute atomic E-state index is 0.101. The molecule has 0 aliphatic carbocycles. The number of nitrogens with one attached hydrogen (secondary N) is 1. The number of amides is 1. The first-order valence-electron chi connectivity index (χ1n) is 6.29. The van der Waals surface area contributed by atoms with E-state index in [9.17, 15) is 14.6 Å². The van der Waals surface area contributed by atoms with Crippen LogP contribution in [0.15, 0.2) is 18.2 Å². The molecule has 0 fully saturated rings. The predicted octanol–water partition coefficient (Wildman–Crippen LogP) is 1.28. The Labute approximate surface area is 122 Å². The molecule has 0 saturated carbocycles. The van der Waals surface area contributed by atoms with Gasteiger partial charge in [0.15, 0.2) is 5.78 Å². The van der Waals surface area contributed by atoms with E-state index < -0.39 is 7.12 Å². The van der Waals surface area contributed by atoms with Crippen LogP contribution < -0.4 is 9.97 Å². The summed E-state index contributed by atoms with van der Waals surface area (Å²) in [5, 5.41) is 12.6. The Hall–Kier alpha value is -1.47. The van der Waals surface area contributed by atoms with Gasteiger partial charge in [0.1, 0.15) is 5.75 Å². The van der Waals surface area contributed by atoms with Crippen LogP contribution in [0.2, 0.25) is 6.32 Å². The van der Waals surface area contributed by atoms with Crippen molar-refractivity contribution in [3.63, 3.8) is 0 Å². The highest BCUT2D eigenvalue weighted by atomic mass is 32.2. The molecule has 2 rings (SSSR count). The summed E-state index contributed by atoms with van der Waals surface area (Å²) >= 11 is 1.43. The largest absolute Gasteiger partial charge is 0.535 e. The molecule has 0 saturated heterocycles. The van der Waals surface area contributed by atoms with Crippen molar-refractivity contribution in [1.29, 1.82) is 0 Å². The Morgan fingerprint density at radius 2 is 2.30 bits per heavy atom. The van der Waals surface area contributed by atoms with Crippen molar-refractivity contribution in [3.05, 3.63) is 29.3 Å². The first-order chi connectivity index (χ1) is 9.52. The van der Waals surface area contributed by atoms with Gasteiger partial charge in [-0.05, 0) is 19.2 Å². The van der Waals surface area contributed by atoms with Crippen molar-refractivity contribution in [1.82, 2.24) is 5.32 Å². The molecule has 2 N–H and O–H groups in total. The van der Waals surface area contributed by atoms with E-state index in [1.54, 1.807) is 18.2 Å². The standard InChI is InChI=1S/C13H16BNO4S/c1-8(16)9-4-3-5-10-11(15-12(17)7-20-2)6-14(18)19-13(9)10/h3-5,11,18H,6-7H2,1-2H3,(H,15,17)/t11-/m1/s1. The summed E-state index contributed by atoms with van der Waals surface area (Å²) in [6, 6.07) is 4.87. The van der Waals surface area contributed by atoms with Crippen LogP contribution in [0.5, 0.6) is 5.75 Å². The SMILES string of the molecule is CSCC(=O)N[C@@H]1CB(O)Oc2c(C(C)=O)cccc21. The molecule has 1 atom stereocenters. The van der Waals surface area contributed by atoms with Gasteiger partial charge in [0.25, 0.3) is 0 Å². The van der Waals surface area contributed by atoms with Gasteiger partial charge in [-0.3, -0.25) is 9.59 Å². The fourth-order valence-electron chi connectivity index (χ4n) is 2.25. The van der Waals surface area contributed by atoms with E-state index in [2.05, 4.69) is 5.32 Å². The van der Waals surface area contributed by atoms with Gasteiger partial charge in [-0.2, -0.15) is 11.8 Å². The Morgan fingerprint density at radius 1 is 1.55 bits per heavy atom. The molecule has 1 aromatic rings. The first kappa shape index (κ1) is 14.9. The number of Topliss-reactive ketones (excluding diaryl/α,β-unsaturated/α-hetero) is 1. The van der Waals surface area contributed by atoms with E-state index in [0.29, 0.717) is 17.1 Å². The van der Waals surface area contributed by atoms with E-state index in [4.69, 9.17) is 4.65 Å². The minimum atomic E-state index is -1.03. The van der Waals surface area contributed by atoms with Crippen LogP contribution in [0.3, 0.4) is 0 Å². The zero-order valence-electron chi connectivity index (χ0n) is 11.4. The van der Waals surface area contributed by atoms with E-state index in [0.717, 1.165) is 5.56 Å². The summed E-state index contributed by atoms with van der Waals surface area (Å²) in [5.74, 6) is 0.490. The summed E-state index contributed by atoms with van der Waals surface area (Å²) < 4.78 is 5.37. The van der Waals surface area contributed by atoms with Gasteiger partial charge in [-0.15, -0.1) is 0 Å². The third-order valence-electron chi connectivity index (χ3n) is 3.10. The molecule has 5 nitrogen and oxygen atoms in total. The normalized spacial score (nSPS) is 17.1. The summed E-state index contributed by atoms with van der Waals surface area (Å²) in [6.45, 7) is 1.45. The average molecular weight is 293 g/mol. The molecule has 0 spiro atoms. The van der Waals surface area contributed by atoms with E-state index in [1.807, 2.05) is 6.26 Å². The maximum Gasteiger partial charge on any atom is 0.525 e. The van der Waals surface area contributed by atoms with Gasteiger partial charge in [0, 0.05) is 11.9 Å². The second-order valence-electron chi connectivity index (χ2n) is 4.64. The highest BCUT2D eigenvalue weighted by Crippen LogP contribution is 2.36. The van der Waals surface area contributed by atoms with Gasteiger partial charge < -0.3 is 15.0 Å². The molecule has 0 bridgehead atoms. The molecule has 1 aliphatic rings. The predicted molar refractivity (Wildman–Crippen MR) is 79.1 cm³/mol. The second-order valence-corrected chi connectivity index (χ2v) is 5.51. The Kier molecular flexibility index (Phi) is 4.72. The molecule has 1 amide bonds. The number of fused-ring (bicyclic) bond motifs is 1. The zero-order chi connectivity index (χ0) is 14.7. The molecule has 7 heteroatoms. The first-order valence-corrected chi connectivity index (χ1v) is 7.69. The number of benzene rings is 1. The summed E-state index contributed by atoms with van der Waals surface area (Å²) in [4.78, 5) is 23.3. The fourth-order valence-corrected chi connectivity index (χ4v) is 2.60. The number of rotatable bonds is 4. The van der Waals surface area contributed by atoms with Gasteiger partial charge in [-0.1, -0.05) is 12.1 Å². The molecular weight excluding hydrogens is 277 g/mol. The fraction of sp³-hybridized carbons (Fsp3) is 0.385. The lowest BCUT2D eigenvalue weighted by Crippen LogP contribution is -2.39. The summed E-state index contributed by atoms with van der Waals surface area (Å²) in [6.07, 6.45) is 2.12. The topological polar surface area (TPSA) is 75.6 Å². The van der Waals surface area contributed by atoms with Gasteiger partial charge in [0.05, 0.1) is 17.4 Å². The molecule has 0 radical (unpaired) electrons. The van der Waals surface area contributed by atoms with Crippen LogP contribution in [-0.4, -0.2) is 35.8 Å². The number of carbonyl (C=O) groups is 2. The molecule has 20 heavy (non-hydrogen) atoms. The average Bonchev–Trinajstić information content (AvgIpc) is 2.37. The number of thioether (sulfide) groups is 1. The number of ketones is 1. The third-order valence-corrected chi connectivity index (χ3v) is 3.65. The molecule has 106 valence electrons. The monoisotopic (exact) mass is 293 g/mol. The summed E-state index contributed by atoms with van der Waals surface area (Å²) in [5.41, 5.74) is 1.16. The maximum absolute atomic E-state index is 11.7. The van der Waals surface area contributed by atoms with Crippen LogP contribution in [0.25, 0.3) is 0 Å². The van der Waals surface area contributed by atoms with E-state index in [1.165, 1.54) is 18.7 Å². The van der Waals surface area contributed by atoms with Gasteiger partial charge in [-0.25, -0.2) is 0 Å². The van der Waals surface area contributed by atoms with Crippen molar-refractivity contribution in [2.24, 2.45) is 0 Å². The lowest BCUT2D eigenvalue weighted by atomic mass is 9.75. The van der Waals surface area contributed by atoms with Crippen LogP contribution in [-0.2, 0) is 4.79 Å². The van der Waals surface area contributed by atoms with Crippen molar-refractivity contribution < 1.29 is 19.3 Å². The number of carbonyl (C=O) groups excluding carboxylic acids is 2. The zero-order valence-corrected chi connectivity index (χ0v) is 12.2. The quantitative estimate of drug-likeness (QED) is 0.646. The molecular formula is C13H16BNO4S. The molecule has 1 aliphatic heterocycles. The van der Waals surface area contributed by atoms with Crippen LogP contribution in [0, 0.1) is 0 Å². The van der Waals surface area contributed by atoms with E-state index >= 15 is 0 Å². The highest BCUT2D eigenvalue weighted by molar-refractivity contribution is 7.99.